The normalized spacial score (nSPS) is 16.1. The maximum absolute atomic E-state index is 12.3. The number of hydrogen-bond donors (Lipinski definition) is 0. The lowest BCUT2D eigenvalue weighted by molar-refractivity contribution is 0.0587. The smallest absolute Gasteiger partial charge is 0.292 e. The minimum absolute atomic E-state index is 0.0515. The molecule has 1 saturated heterocycles. The van der Waals surface area contributed by atoms with Gasteiger partial charge >= 0.3 is 0 Å². The summed E-state index contributed by atoms with van der Waals surface area (Å²) < 4.78 is 5.05. The molecule has 0 radical (unpaired) electrons. The average Bonchev–Trinajstić information content (AvgIpc) is 2.94. The number of benzene rings is 1. The van der Waals surface area contributed by atoms with Crippen molar-refractivity contribution in [2.75, 3.05) is 26.2 Å². The first-order valence-corrected chi connectivity index (χ1v) is 7.21. The predicted octanol–water partition coefficient (Wildman–Crippen LogP) is 1.94. The van der Waals surface area contributed by atoms with Gasteiger partial charge in [-0.1, -0.05) is 35.5 Å². The van der Waals surface area contributed by atoms with Gasteiger partial charge in [-0.25, -0.2) is 0 Å². The van der Waals surface area contributed by atoms with Gasteiger partial charge in [0.05, 0.1) is 6.20 Å². The minimum atomic E-state index is -0.0515. The van der Waals surface area contributed by atoms with Crippen LogP contribution in [0, 0.1) is 6.92 Å². The number of hydrogen-bond acceptors (Lipinski definition) is 4. The van der Waals surface area contributed by atoms with Crippen LogP contribution in [0.2, 0.25) is 0 Å². The van der Waals surface area contributed by atoms with E-state index in [9.17, 15) is 4.79 Å². The fourth-order valence-corrected chi connectivity index (χ4v) is 2.59. The Kier molecular flexibility index (Phi) is 4.01. The summed E-state index contributed by atoms with van der Waals surface area (Å²) in [6.07, 6.45) is 1.58. The molecule has 2 aromatic rings. The highest BCUT2D eigenvalue weighted by Gasteiger charge is 2.25. The summed E-state index contributed by atoms with van der Waals surface area (Å²) in [5.74, 6) is 0.316. The summed E-state index contributed by atoms with van der Waals surface area (Å²) in [5.41, 5.74) is 2.11. The quantitative estimate of drug-likeness (QED) is 0.865. The van der Waals surface area contributed by atoms with Gasteiger partial charge in [-0.2, -0.15) is 0 Å². The number of aromatic nitrogens is 1. The molecule has 2 heterocycles. The van der Waals surface area contributed by atoms with Crippen molar-refractivity contribution >= 4 is 5.91 Å². The second-order valence-electron chi connectivity index (χ2n) is 5.39. The molecule has 3 rings (SSSR count). The summed E-state index contributed by atoms with van der Waals surface area (Å²) in [6.45, 7) is 6.00. The first-order chi connectivity index (χ1) is 10.2. The molecule has 0 atom stereocenters. The summed E-state index contributed by atoms with van der Waals surface area (Å²) in [7, 11) is 0. The average molecular weight is 285 g/mol. The fourth-order valence-electron chi connectivity index (χ4n) is 2.59. The molecule has 0 saturated carbocycles. The van der Waals surface area contributed by atoms with Crippen LogP contribution in [0.15, 0.2) is 41.1 Å². The van der Waals surface area contributed by atoms with E-state index in [2.05, 4.69) is 34.3 Å². The molecule has 0 N–H and O–H groups in total. The van der Waals surface area contributed by atoms with Crippen molar-refractivity contribution in [3.8, 4) is 0 Å². The maximum atomic E-state index is 12.3. The van der Waals surface area contributed by atoms with Crippen LogP contribution in [0.3, 0.4) is 0 Å². The molecule has 1 aromatic heterocycles. The van der Waals surface area contributed by atoms with Crippen LogP contribution < -0.4 is 0 Å². The Hall–Kier alpha value is -2.14. The summed E-state index contributed by atoms with van der Waals surface area (Å²) in [6, 6.07) is 10.4. The number of aryl methyl sites for hydroxylation is 1. The Labute approximate surface area is 124 Å². The van der Waals surface area contributed by atoms with E-state index >= 15 is 0 Å². The Morgan fingerprint density at radius 1 is 1.19 bits per heavy atom. The molecule has 0 bridgehead atoms. The van der Waals surface area contributed by atoms with Crippen LogP contribution in [0.1, 0.15) is 21.7 Å². The number of rotatable bonds is 3. The van der Waals surface area contributed by atoms with Crippen molar-refractivity contribution in [1.82, 2.24) is 15.0 Å². The topological polar surface area (TPSA) is 49.6 Å². The highest BCUT2D eigenvalue weighted by atomic mass is 16.5. The van der Waals surface area contributed by atoms with Crippen LogP contribution in [0.25, 0.3) is 0 Å². The van der Waals surface area contributed by atoms with E-state index in [1.807, 2.05) is 17.9 Å². The molecule has 5 nitrogen and oxygen atoms in total. The molecule has 110 valence electrons. The van der Waals surface area contributed by atoms with E-state index in [-0.39, 0.29) is 5.91 Å². The van der Waals surface area contributed by atoms with Gasteiger partial charge in [-0.15, -0.1) is 0 Å². The van der Waals surface area contributed by atoms with Crippen molar-refractivity contribution < 1.29 is 9.32 Å². The molecule has 1 aromatic carbocycles. The predicted molar refractivity (Wildman–Crippen MR) is 78.9 cm³/mol. The summed E-state index contributed by atoms with van der Waals surface area (Å²) in [4.78, 5) is 16.5. The third-order valence-corrected chi connectivity index (χ3v) is 3.85. The van der Waals surface area contributed by atoms with Crippen LogP contribution in [-0.4, -0.2) is 47.0 Å². The Balaban J connectivity index is 1.56. The Morgan fingerprint density at radius 2 is 1.90 bits per heavy atom. The van der Waals surface area contributed by atoms with Crippen molar-refractivity contribution in [2.45, 2.75) is 13.5 Å². The molecule has 0 aliphatic carbocycles. The lowest BCUT2D eigenvalue weighted by Crippen LogP contribution is -2.48. The standard InChI is InChI=1S/C16H19N3O2/c1-13-11-17-21-15(13)16(20)19-9-7-18(8-10-19)12-14-5-3-2-4-6-14/h2-6,11H,7-10,12H2,1H3. The Morgan fingerprint density at radius 3 is 2.52 bits per heavy atom. The van der Waals surface area contributed by atoms with E-state index in [0.717, 1.165) is 38.3 Å². The zero-order chi connectivity index (χ0) is 14.7. The van der Waals surface area contributed by atoms with Gasteiger partial charge in [0.1, 0.15) is 0 Å². The van der Waals surface area contributed by atoms with Crippen molar-refractivity contribution in [2.24, 2.45) is 0 Å². The Bertz CT molecular complexity index is 601. The fraction of sp³-hybridized carbons (Fsp3) is 0.375. The lowest BCUT2D eigenvalue weighted by Gasteiger charge is -2.34. The number of carbonyl (C=O) groups is 1. The maximum Gasteiger partial charge on any atom is 0.292 e. The third-order valence-electron chi connectivity index (χ3n) is 3.85. The molecule has 0 unspecified atom stereocenters. The SMILES string of the molecule is Cc1cnoc1C(=O)N1CCN(Cc2ccccc2)CC1. The van der Waals surface area contributed by atoms with Crippen molar-refractivity contribution in [1.29, 1.82) is 0 Å². The van der Waals surface area contributed by atoms with E-state index in [0.29, 0.717) is 5.76 Å². The van der Waals surface area contributed by atoms with Crippen molar-refractivity contribution in [3.05, 3.63) is 53.4 Å². The van der Waals surface area contributed by atoms with Crippen LogP contribution in [-0.2, 0) is 6.54 Å². The van der Waals surface area contributed by atoms with E-state index in [1.165, 1.54) is 5.56 Å². The zero-order valence-electron chi connectivity index (χ0n) is 12.2. The molecule has 1 aliphatic rings. The zero-order valence-corrected chi connectivity index (χ0v) is 12.2. The van der Waals surface area contributed by atoms with Gasteiger partial charge in [0.15, 0.2) is 0 Å². The van der Waals surface area contributed by atoms with E-state index in [1.54, 1.807) is 6.20 Å². The van der Waals surface area contributed by atoms with E-state index < -0.39 is 0 Å². The first-order valence-electron chi connectivity index (χ1n) is 7.21. The summed E-state index contributed by atoms with van der Waals surface area (Å²) in [5, 5.41) is 3.68. The molecule has 21 heavy (non-hydrogen) atoms. The highest BCUT2D eigenvalue weighted by molar-refractivity contribution is 5.92. The monoisotopic (exact) mass is 285 g/mol. The van der Waals surface area contributed by atoms with Gasteiger partial charge in [-0.05, 0) is 12.5 Å². The van der Waals surface area contributed by atoms with Gasteiger partial charge in [0, 0.05) is 38.3 Å². The van der Waals surface area contributed by atoms with Gasteiger partial charge < -0.3 is 9.42 Å². The van der Waals surface area contributed by atoms with Crippen LogP contribution in [0.4, 0.5) is 0 Å². The first kappa shape index (κ1) is 13.8. The minimum Gasteiger partial charge on any atom is -0.351 e. The largest absolute Gasteiger partial charge is 0.351 e. The highest BCUT2D eigenvalue weighted by Crippen LogP contribution is 2.13. The van der Waals surface area contributed by atoms with Gasteiger partial charge in [0.25, 0.3) is 5.91 Å². The van der Waals surface area contributed by atoms with E-state index in [4.69, 9.17) is 4.52 Å². The van der Waals surface area contributed by atoms with Gasteiger partial charge in [-0.3, -0.25) is 9.69 Å². The van der Waals surface area contributed by atoms with Crippen LogP contribution >= 0.6 is 0 Å². The van der Waals surface area contributed by atoms with Crippen molar-refractivity contribution in [3.63, 3.8) is 0 Å². The van der Waals surface area contributed by atoms with Gasteiger partial charge in [0.2, 0.25) is 5.76 Å². The molecule has 1 fully saturated rings. The second-order valence-corrected chi connectivity index (χ2v) is 5.39. The molecule has 1 amide bonds. The molecular formula is C16H19N3O2. The lowest BCUT2D eigenvalue weighted by atomic mass is 10.2. The molecule has 0 spiro atoms. The molecular weight excluding hydrogens is 266 g/mol. The number of amides is 1. The van der Waals surface area contributed by atoms with Crippen LogP contribution in [0.5, 0.6) is 0 Å². The summed E-state index contributed by atoms with van der Waals surface area (Å²) >= 11 is 0. The number of carbonyl (C=O) groups excluding carboxylic acids is 1. The number of nitrogens with zero attached hydrogens (tertiary/aromatic N) is 3. The molecule has 1 aliphatic heterocycles. The third kappa shape index (κ3) is 3.13. The number of piperazine rings is 1. The molecule has 5 heteroatoms. The second kappa shape index (κ2) is 6.10.